The molecule has 0 saturated heterocycles. The molecule has 5 nitrogen and oxygen atoms in total. The first kappa shape index (κ1) is 16.5. The summed E-state index contributed by atoms with van der Waals surface area (Å²) in [5.41, 5.74) is 4.20. The summed E-state index contributed by atoms with van der Waals surface area (Å²) in [6.07, 6.45) is 7.57. The van der Waals surface area contributed by atoms with Crippen LogP contribution in [-0.4, -0.2) is 31.5 Å². The Morgan fingerprint density at radius 2 is 1.96 bits per heavy atom. The van der Waals surface area contributed by atoms with Gasteiger partial charge in [0.25, 0.3) is 0 Å². The van der Waals surface area contributed by atoms with Crippen molar-refractivity contribution in [1.82, 2.24) is 19.7 Å². The molecule has 0 atom stereocenters. The molecule has 0 aliphatic heterocycles. The minimum absolute atomic E-state index is 0.0361. The third kappa shape index (κ3) is 3.57. The molecule has 2 heterocycles. The quantitative estimate of drug-likeness (QED) is 0.696. The van der Waals surface area contributed by atoms with E-state index in [-0.39, 0.29) is 12.0 Å². The van der Waals surface area contributed by atoms with Crippen LogP contribution in [0.15, 0.2) is 49.1 Å². The third-order valence-electron chi connectivity index (χ3n) is 4.37. The van der Waals surface area contributed by atoms with E-state index in [1.807, 2.05) is 36.9 Å². The lowest BCUT2D eigenvalue weighted by atomic mass is 9.89. The number of nitrogens with one attached hydrogen (secondary N) is 1. The van der Waals surface area contributed by atoms with Gasteiger partial charge in [-0.1, -0.05) is 44.2 Å². The molecule has 24 heavy (non-hydrogen) atoms. The fraction of sp³-hybridized carbons (Fsp3) is 0.368. The number of benzene rings is 1. The van der Waals surface area contributed by atoms with Crippen LogP contribution in [0.25, 0.3) is 22.5 Å². The molecule has 2 N–H and O–H groups in total. The van der Waals surface area contributed by atoms with Crippen molar-refractivity contribution >= 4 is 0 Å². The highest BCUT2D eigenvalue weighted by Gasteiger charge is 2.17. The first-order valence-corrected chi connectivity index (χ1v) is 8.31. The Labute approximate surface area is 142 Å². The van der Waals surface area contributed by atoms with Gasteiger partial charge in [-0.25, -0.2) is 4.98 Å². The van der Waals surface area contributed by atoms with Gasteiger partial charge in [0, 0.05) is 24.3 Å². The standard InChI is InChI=1S/C19H24N4O/c1-19(2,13-24)9-6-10-23-14-20-12-17(23)16-11-21-22-18(16)15-7-4-3-5-8-15/h3-5,7-8,11-12,14,24H,6,9-10,13H2,1-2H3,(H,21,22). The summed E-state index contributed by atoms with van der Waals surface area (Å²) < 4.78 is 2.16. The average molecular weight is 324 g/mol. The number of imidazole rings is 1. The van der Waals surface area contributed by atoms with Crippen molar-refractivity contribution in [3.05, 3.63) is 49.1 Å². The van der Waals surface area contributed by atoms with Crippen molar-refractivity contribution in [1.29, 1.82) is 0 Å². The Morgan fingerprint density at radius 1 is 1.17 bits per heavy atom. The molecule has 126 valence electrons. The Balaban J connectivity index is 1.81. The number of aliphatic hydroxyl groups excluding tert-OH is 1. The average Bonchev–Trinajstić information content (AvgIpc) is 3.24. The van der Waals surface area contributed by atoms with Crippen LogP contribution in [0.1, 0.15) is 26.7 Å². The van der Waals surface area contributed by atoms with Crippen molar-refractivity contribution in [3.8, 4) is 22.5 Å². The maximum Gasteiger partial charge on any atom is 0.0950 e. The molecule has 0 aliphatic rings. The molecule has 0 unspecified atom stereocenters. The van der Waals surface area contributed by atoms with Gasteiger partial charge >= 0.3 is 0 Å². The number of hydrogen-bond acceptors (Lipinski definition) is 3. The summed E-state index contributed by atoms with van der Waals surface area (Å²) in [5.74, 6) is 0. The number of nitrogens with zero attached hydrogens (tertiary/aromatic N) is 3. The minimum atomic E-state index is -0.0361. The largest absolute Gasteiger partial charge is 0.396 e. The molecular weight excluding hydrogens is 300 g/mol. The number of aryl methyl sites for hydroxylation is 1. The lowest BCUT2D eigenvalue weighted by Crippen LogP contribution is -2.17. The van der Waals surface area contributed by atoms with Crippen LogP contribution in [0.3, 0.4) is 0 Å². The smallest absolute Gasteiger partial charge is 0.0950 e. The molecule has 0 aliphatic carbocycles. The summed E-state index contributed by atoms with van der Waals surface area (Å²) in [7, 11) is 0. The van der Waals surface area contributed by atoms with E-state index >= 15 is 0 Å². The Bertz CT molecular complexity index is 774. The van der Waals surface area contributed by atoms with Gasteiger partial charge in [0.2, 0.25) is 0 Å². The molecular formula is C19H24N4O. The summed E-state index contributed by atoms with van der Waals surface area (Å²) in [6.45, 7) is 5.26. The fourth-order valence-corrected chi connectivity index (χ4v) is 2.84. The second-order valence-corrected chi connectivity index (χ2v) is 6.92. The lowest BCUT2D eigenvalue weighted by Gasteiger charge is -2.21. The van der Waals surface area contributed by atoms with Crippen LogP contribution in [0.4, 0.5) is 0 Å². The normalized spacial score (nSPS) is 11.8. The van der Waals surface area contributed by atoms with Crippen LogP contribution < -0.4 is 0 Å². The number of H-pyrrole nitrogens is 1. The van der Waals surface area contributed by atoms with Gasteiger partial charge in [0.15, 0.2) is 0 Å². The Kier molecular flexibility index (Phi) is 4.81. The van der Waals surface area contributed by atoms with Crippen LogP contribution >= 0.6 is 0 Å². The molecule has 0 amide bonds. The number of aliphatic hydroxyl groups is 1. The van der Waals surface area contributed by atoms with Gasteiger partial charge in [0.1, 0.15) is 0 Å². The molecule has 3 aromatic rings. The van der Waals surface area contributed by atoms with Crippen LogP contribution in [0.5, 0.6) is 0 Å². The molecule has 0 radical (unpaired) electrons. The van der Waals surface area contributed by atoms with E-state index < -0.39 is 0 Å². The van der Waals surface area contributed by atoms with Crippen molar-refractivity contribution in [3.63, 3.8) is 0 Å². The second kappa shape index (κ2) is 7.01. The number of rotatable bonds is 7. The molecule has 2 aromatic heterocycles. The first-order valence-electron chi connectivity index (χ1n) is 8.31. The lowest BCUT2D eigenvalue weighted by molar-refractivity contribution is 0.146. The topological polar surface area (TPSA) is 66.7 Å². The zero-order valence-corrected chi connectivity index (χ0v) is 14.2. The SMILES string of the molecule is CC(C)(CO)CCCn1cncc1-c1cn[nH]c1-c1ccccc1. The molecule has 3 rings (SSSR count). The van der Waals surface area contributed by atoms with Crippen molar-refractivity contribution in [2.24, 2.45) is 5.41 Å². The van der Waals surface area contributed by atoms with E-state index in [0.717, 1.165) is 41.9 Å². The first-order chi connectivity index (χ1) is 11.6. The predicted molar refractivity (Wildman–Crippen MR) is 95.3 cm³/mol. The Hall–Kier alpha value is -2.40. The van der Waals surface area contributed by atoms with E-state index in [1.165, 1.54) is 0 Å². The zero-order valence-electron chi connectivity index (χ0n) is 14.2. The molecule has 0 fully saturated rings. The van der Waals surface area contributed by atoms with Gasteiger partial charge in [0.05, 0.1) is 30.1 Å². The maximum absolute atomic E-state index is 9.39. The molecule has 0 saturated carbocycles. The number of aromatic nitrogens is 4. The van der Waals surface area contributed by atoms with Crippen molar-refractivity contribution in [2.75, 3.05) is 6.61 Å². The molecule has 1 aromatic carbocycles. The number of aromatic amines is 1. The van der Waals surface area contributed by atoms with E-state index in [2.05, 4.69) is 45.7 Å². The summed E-state index contributed by atoms with van der Waals surface area (Å²) >= 11 is 0. The summed E-state index contributed by atoms with van der Waals surface area (Å²) in [4.78, 5) is 4.32. The molecule has 0 spiro atoms. The van der Waals surface area contributed by atoms with Gasteiger partial charge in [-0.05, 0) is 18.3 Å². The highest BCUT2D eigenvalue weighted by atomic mass is 16.3. The van der Waals surface area contributed by atoms with Crippen LogP contribution in [-0.2, 0) is 6.54 Å². The van der Waals surface area contributed by atoms with Crippen LogP contribution in [0.2, 0.25) is 0 Å². The van der Waals surface area contributed by atoms with Gasteiger partial charge in [-0.15, -0.1) is 0 Å². The Morgan fingerprint density at radius 3 is 2.71 bits per heavy atom. The van der Waals surface area contributed by atoms with E-state index in [9.17, 15) is 5.11 Å². The second-order valence-electron chi connectivity index (χ2n) is 6.92. The molecule has 5 heteroatoms. The highest BCUT2D eigenvalue weighted by Crippen LogP contribution is 2.30. The molecule has 0 bridgehead atoms. The van der Waals surface area contributed by atoms with Crippen molar-refractivity contribution in [2.45, 2.75) is 33.2 Å². The van der Waals surface area contributed by atoms with Crippen LogP contribution in [0, 0.1) is 5.41 Å². The predicted octanol–water partition coefficient (Wildman–Crippen LogP) is 3.74. The number of hydrogen-bond donors (Lipinski definition) is 2. The zero-order chi connectivity index (χ0) is 17.0. The van der Waals surface area contributed by atoms with Gasteiger partial charge in [-0.2, -0.15) is 5.10 Å². The maximum atomic E-state index is 9.39. The summed E-state index contributed by atoms with van der Waals surface area (Å²) in [5, 5.41) is 16.7. The van der Waals surface area contributed by atoms with Crippen molar-refractivity contribution < 1.29 is 5.11 Å². The monoisotopic (exact) mass is 324 g/mol. The van der Waals surface area contributed by atoms with E-state index in [0.29, 0.717) is 0 Å². The van der Waals surface area contributed by atoms with E-state index in [1.54, 1.807) is 0 Å². The van der Waals surface area contributed by atoms with Gasteiger partial charge in [-0.3, -0.25) is 5.10 Å². The minimum Gasteiger partial charge on any atom is -0.396 e. The van der Waals surface area contributed by atoms with E-state index in [4.69, 9.17) is 0 Å². The summed E-state index contributed by atoms with van der Waals surface area (Å²) in [6, 6.07) is 10.2. The fourth-order valence-electron chi connectivity index (χ4n) is 2.84. The van der Waals surface area contributed by atoms with Gasteiger partial charge < -0.3 is 9.67 Å². The third-order valence-corrected chi connectivity index (χ3v) is 4.37. The highest BCUT2D eigenvalue weighted by molar-refractivity contribution is 5.78.